The van der Waals surface area contributed by atoms with E-state index in [1.54, 1.807) is 38.1 Å². The molecular formula is C24H31N3O5S. The van der Waals surface area contributed by atoms with Gasteiger partial charge in [-0.15, -0.1) is 0 Å². The number of nitrogens with one attached hydrogen (secondary N) is 1. The summed E-state index contributed by atoms with van der Waals surface area (Å²) in [5.41, 5.74) is 0.792. The third-order valence-corrected chi connectivity index (χ3v) is 8.31. The first-order valence-electron chi connectivity index (χ1n) is 11.4. The summed E-state index contributed by atoms with van der Waals surface area (Å²) in [6.45, 7) is 4.38. The maximum Gasteiger partial charge on any atom is 0.337 e. The number of aromatic nitrogens is 1. The van der Waals surface area contributed by atoms with Crippen LogP contribution < -0.4 is 5.32 Å². The molecule has 1 aliphatic carbocycles. The van der Waals surface area contributed by atoms with Crippen LogP contribution in [0.5, 0.6) is 0 Å². The van der Waals surface area contributed by atoms with Crippen LogP contribution in [0.3, 0.4) is 0 Å². The number of nitrogens with zero attached hydrogens (tertiary/aromatic N) is 2. The van der Waals surface area contributed by atoms with Crippen LogP contribution in [0, 0.1) is 5.92 Å². The van der Waals surface area contributed by atoms with Gasteiger partial charge >= 0.3 is 5.97 Å². The molecule has 2 aromatic rings. The number of pyridine rings is 1. The SMILES string of the molecule is CCN(CC)S(=O)(=O)c1ccc(C(CC2CCCC2)C(=O)Nc2ccc(C(=O)O)cn2)cc1. The van der Waals surface area contributed by atoms with Gasteiger partial charge in [-0.1, -0.05) is 51.7 Å². The second-order valence-corrected chi connectivity index (χ2v) is 10.3. The number of amides is 1. The minimum atomic E-state index is -3.57. The number of carboxylic acids is 1. The molecule has 2 N–H and O–H groups in total. The van der Waals surface area contributed by atoms with Gasteiger partial charge in [-0.05, 0) is 42.2 Å². The van der Waals surface area contributed by atoms with E-state index >= 15 is 0 Å². The molecule has 1 aromatic heterocycles. The van der Waals surface area contributed by atoms with Gasteiger partial charge in [0, 0.05) is 19.3 Å². The molecule has 1 aliphatic rings. The highest BCUT2D eigenvalue weighted by molar-refractivity contribution is 7.89. The first kappa shape index (κ1) is 24.9. The van der Waals surface area contributed by atoms with Crippen molar-refractivity contribution < 1.29 is 23.1 Å². The molecule has 1 unspecified atom stereocenters. The van der Waals surface area contributed by atoms with Gasteiger partial charge in [0.2, 0.25) is 15.9 Å². The zero-order valence-corrected chi connectivity index (χ0v) is 19.8. The molecule has 33 heavy (non-hydrogen) atoms. The fraction of sp³-hybridized carbons (Fsp3) is 0.458. The number of carboxylic acid groups (broad SMARTS) is 1. The first-order valence-corrected chi connectivity index (χ1v) is 12.8. The molecule has 0 bridgehead atoms. The quantitative estimate of drug-likeness (QED) is 0.536. The summed E-state index contributed by atoms with van der Waals surface area (Å²) in [5, 5.41) is 11.8. The summed E-state index contributed by atoms with van der Waals surface area (Å²) < 4.78 is 27.0. The number of carbonyl (C=O) groups excluding carboxylic acids is 1. The molecule has 1 fully saturated rings. The zero-order chi connectivity index (χ0) is 24.0. The lowest BCUT2D eigenvalue weighted by atomic mass is 9.87. The summed E-state index contributed by atoms with van der Waals surface area (Å²) in [7, 11) is -3.57. The molecule has 0 aliphatic heterocycles. The third-order valence-electron chi connectivity index (χ3n) is 6.25. The Morgan fingerprint density at radius 3 is 2.24 bits per heavy atom. The molecule has 1 atom stereocenters. The van der Waals surface area contributed by atoms with Crippen LogP contribution in [0.4, 0.5) is 5.82 Å². The molecule has 0 spiro atoms. The smallest absolute Gasteiger partial charge is 0.337 e. The molecule has 1 aromatic carbocycles. The zero-order valence-electron chi connectivity index (χ0n) is 19.0. The maximum atomic E-state index is 13.2. The molecular weight excluding hydrogens is 442 g/mol. The van der Waals surface area contributed by atoms with Crippen molar-refractivity contribution in [2.45, 2.75) is 56.8 Å². The lowest BCUT2D eigenvalue weighted by molar-refractivity contribution is -0.118. The largest absolute Gasteiger partial charge is 0.478 e. The Labute approximate surface area is 195 Å². The average Bonchev–Trinajstić information content (AvgIpc) is 3.32. The van der Waals surface area contributed by atoms with Crippen LogP contribution in [0.2, 0.25) is 0 Å². The number of aromatic carboxylic acids is 1. The Kier molecular flexibility index (Phi) is 8.20. The number of rotatable bonds is 10. The van der Waals surface area contributed by atoms with E-state index in [2.05, 4.69) is 10.3 Å². The minimum Gasteiger partial charge on any atom is -0.478 e. The Balaban J connectivity index is 1.84. The van der Waals surface area contributed by atoms with Crippen molar-refractivity contribution in [3.63, 3.8) is 0 Å². The summed E-state index contributed by atoms with van der Waals surface area (Å²) in [5.74, 6) is -1.07. The molecule has 8 nitrogen and oxygen atoms in total. The van der Waals surface area contributed by atoms with Crippen LogP contribution in [0.15, 0.2) is 47.5 Å². The summed E-state index contributed by atoms with van der Waals surface area (Å²) in [6.07, 6.45) is 6.32. The van der Waals surface area contributed by atoms with Crippen molar-refractivity contribution >= 4 is 27.7 Å². The Morgan fingerprint density at radius 1 is 1.09 bits per heavy atom. The predicted octanol–water partition coefficient (Wildman–Crippen LogP) is 4.11. The Morgan fingerprint density at radius 2 is 1.73 bits per heavy atom. The Bertz CT molecular complexity index is 1060. The standard InChI is InChI=1S/C24H31N3O5S/c1-3-27(4-2)33(31,32)20-12-9-18(10-13-20)21(15-17-7-5-6-8-17)23(28)26-22-14-11-19(16-25-22)24(29)30/h9-14,16-17,21H,3-8,15H2,1-2H3,(H,29,30)(H,25,26,28). The molecule has 178 valence electrons. The summed E-state index contributed by atoms with van der Waals surface area (Å²) >= 11 is 0. The van der Waals surface area contributed by atoms with E-state index in [1.807, 2.05) is 0 Å². The van der Waals surface area contributed by atoms with E-state index in [0.717, 1.165) is 31.2 Å². The fourth-order valence-electron chi connectivity index (χ4n) is 4.37. The van der Waals surface area contributed by atoms with Gasteiger partial charge in [-0.2, -0.15) is 4.31 Å². The molecule has 3 rings (SSSR count). The van der Waals surface area contributed by atoms with E-state index in [4.69, 9.17) is 5.11 Å². The molecule has 1 amide bonds. The molecule has 0 radical (unpaired) electrons. The van der Waals surface area contributed by atoms with E-state index in [9.17, 15) is 18.0 Å². The highest BCUT2D eigenvalue weighted by Gasteiger charge is 2.28. The normalized spacial score (nSPS) is 15.5. The lowest BCUT2D eigenvalue weighted by Gasteiger charge is -2.22. The van der Waals surface area contributed by atoms with Crippen molar-refractivity contribution in [3.8, 4) is 0 Å². The maximum absolute atomic E-state index is 13.2. The number of benzene rings is 1. The van der Waals surface area contributed by atoms with Gasteiger partial charge in [0.15, 0.2) is 0 Å². The van der Waals surface area contributed by atoms with Gasteiger partial charge in [-0.25, -0.2) is 18.2 Å². The van der Waals surface area contributed by atoms with Gasteiger partial charge in [0.25, 0.3) is 0 Å². The van der Waals surface area contributed by atoms with Crippen molar-refractivity contribution in [1.29, 1.82) is 0 Å². The highest BCUT2D eigenvalue weighted by atomic mass is 32.2. The fourth-order valence-corrected chi connectivity index (χ4v) is 5.82. The Hall–Kier alpha value is -2.78. The summed E-state index contributed by atoms with van der Waals surface area (Å²) in [6, 6.07) is 9.43. The van der Waals surface area contributed by atoms with Crippen LogP contribution in [0.25, 0.3) is 0 Å². The molecule has 0 saturated heterocycles. The van der Waals surface area contributed by atoms with Crippen LogP contribution in [-0.2, 0) is 14.8 Å². The van der Waals surface area contributed by atoms with Crippen LogP contribution in [0.1, 0.15) is 67.8 Å². The van der Waals surface area contributed by atoms with E-state index in [0.29, 0.717) is 25.4 Å². The first-order chi connectivity index (χ1) is 15.8. The van der Waals surface area contributed by atoms with Crippen molar-refractivity contribution in [1.82, 2.24) is 9.29 Å². The number of anilines is 1. The monoisotopic (exact) mass is 473 g/mol. The minimum absolute atomic E-state index is 0.0421. The van der Waals surface area contributed by atoms with E-state index in [-0.39, 0.29) is 22.2 Å². The van der Waals surface area contributed by atoms with E-state index < -0.39 is 21.9 Å². The molecule has 1 saturated carbocycles. The average molecular weight is 474 g/mol. The lowest BCUT2D eigenvalue weighted by Crippen LogP contribution is -2.30. The van der Waals surface area contributed by atoms with Crippen LogP contribution in [-0.4, -0.2) is 47.8 Å². The number of carbonyl (C=O) groups is 2. The van der Waals surface area contributed by atoms with Crippen LogP contribution >= 0.6 is 0 Å². The van der Waals surface area contributed by atoms with Gasteiger partial charge in [0.1, 0.15) is 5.82 Å². The third kappa shape index (κ3) is 5.97. The van der Waals surface area contributed by atoms with Gasteiger partial charge < -0.3 is 10.4 Å². The number of hydrogen-bond donors (Lipinski definition) is 2. The van der Waals surface area contributed by atoms with Gasteiger partial charge in [-0.3, -0.25) is 4.79 Å². The molecule has 9 heteroatoms. The topological polar surface area (TPSA) is 117 Å². The second-order valence-electron chi connectivity index (χ2n) is 8.32. The predicted molar refractivity (Wildman–Crippen MR) is 126 cm³/mol. The van der Waals surface area contributed by atoms with Crippen molar-refractivity contribution in [2.75, 3.05) is 18.4 Å². The van der Waals surface area contributed by atoms with Crippen molar-refractivity contribution in [3.05, 3.63) is 53.7 Å². The van der Waals surface area contributed by atoms with Gasteiger partial charge in [0.05, 0.1) is 16.4 Å². The second kappa shape index (κ2) is 10.9. The van der Waals surface area contributed by atoms with Crippen molar-refractivity contribution in [2.24, 2.45) is 5.92 Å². The van der Waals surface area contributed by atoms with E-state index in [1.165, 1.54) is 22.6 Å². The number of sulfonamides is 1. The summed E-state index contributed by atoms with van der Waals surface area (Å²) in [4.78, 5) is 28.5. The number of hydrogen-bond acceptors (Lipinski definition) is 5. The molecule has 1 heterocycles. The highest BCUT2D eigenvalue weighted by Crippen LogP contribution is 2.35.